The molecule has 19 heavy (non-hydrogen) atoms. The van der Waals surface area contributed by atoms with Crippen LogP contribution in [0.5, 0.6) is 0 Å². The maximum atomic E-state index is 5.80. The molecule has 1 atom stereocenters. The third-order valence-corrected chi connectivity index (χ3v) is 4.92. The van der Waals surface area contributed by atoms with Crippen molar-refractivity contribution in [3.8, 4) is 0 Å². The highest BCUT2D eigenvalue weighted by atomic mass is 16.5. The van der Waals surface area contributed by atoms with Gasteiger partial charge in [-0.25, -0.2) is 0 Å². The highest BCUT2D eigenvalue weighted by Crippen LogP contribution is 2.34. The fourth-order valence-electron chi connectivity index (χ4n) is 3.41. The van der Waals surface area contributed by atoms with Gasteiger partial charge in [-0.15, -0.1) is 0 Å². The largest absolute Gasteiger partial charge is 0.381 e. The predicted octanol–water partition coefficient (Wildman–Crippen LogP) is 2.51. The molecule has 0 saturated carbocycles. The zero-order valence-corrected chi connectivity index (χ0v) is 13.1. The molecular weight excluding hydrogens is 236 g/mol. The molecule has 2 heterocycles. The average molecular weight is 268 g/mol. The predicted molar refractivity (Wildman–Crippen MR) is 80.5 cm³/mol. The van der Waals surface area contributed by atoms with Crippen LogP contribution in [0.3, 0.4) is 0 Å². The Labute approximate surface area is 119 Å². The van der Waals surface area contributed by atoms with Crippen LogP contribution in [0.2, 0.25) is 0 Å². The topological polar surface area (TPSA) is 24.5 Å². The van der Waals surface area contributed by atoms with Gasteiger partial charge in [0.1, 0.15) is 0 Å². The third kappa shape index (κ3) is 4.44. The lowest BCUT2D eigenvalue weighted by Crippen LogP contribution is -2.51. The minimum Gasteiger partial charge on any atom is -0.381 e. The zero-order valence-electron chi connectivity index (χ0n) is 13.1. The van der Waals surface area contributed by atoms with Gasteiger partial charge >= 0.3 is 0 Å². The summed E-state index contributed by atoms with van der Waals surface area (Å²) in [6, 6.07) is 0. The lowest BCUT2D eigenvalue weighted by Gasteiger charge is -2.44. The summed E-state index contributed by atoms with van der Waals surface area (Å²) in [7, 11) is 0. The Balaban J connectivity index is 1.89. The summed E-state index contributed by atoms with van der Waals surface area (Å²) in [5.74, 6) is 0. The van der Waals surface area contributed by atoms with Crippen LogP contribution in [0.4, 0.5) is 0 Å². The molecule has 3 nitrogen and oxygen atoms in total. The molecule has 3 heteroatoms. The average Bonchev–Trinajstić information content (AvgIpc) is 2.40. The van der Waals surface area contributed by atoms with Gasteiger partial charge in [0.25, 0.3) is 0 Å². The minimum atomic E-state index is 0.357. The fourth-order valence-corrected chi connectivity index (χ4v) is 3.41. The minimum absolute atomic E-state index is 0.357. The van der Waals surface area contributed by atoms with Crippen LogP contribution in [0.15, 0.2) is 0 Å². The molecule has 0 aromatic rings. The summed E-state index contributed by atoms with van der Waals surface area (Å²) in [5.41, 5.74) is 0.907. The van der Waals surface area contributed by atoms with Gasteiger partial charge in [0.15, 0.2) is 0 Å². The molecule has 0 aromatic carbocycles. The van der Waals surface area contributed by atoms with E-state index in [4.69, 9.17) is 4.74 Å². The van der Waals surface area contributed by atoms with E-state index in [1.807, 2.05) is 0 Å². The van der Waals surface area contributed by atoms with E-state index in [1.54, 1.807) is 0 Å². The van der Waals surface area contributed by atoms with Crippen molar-refractivity contribution in [2.75, 3.05) is 45.9 Å². The standard InChI is InChI=1S/C16H32N2O/c1-4-17-12-16(6-5-11-19-14-16)13-18-9-7-15(2,3)8-10-18/h17H,4-14H2,1-3H3. The molecule has 0 amide bonds. The Hall–Kier alpha value is -0.120. The van der Waals surface area contributed by atoms with Gasteiger partial charge in [0.05, 0.1) is 6.61 Å². The van der Waals surface area contributed by atoms with Crippen LogP contribution >= 0.6 is 0 Å². The first-order chi connectivity index (χ1) is 9.05. The second-order valence-electron chi connectivity index (χ2n) is 7.38. The first kappa shape index (κ1) is 15.3. The molecular formula is C16H32N2O. The monoisotopic (exact) mass is 268 g/mol. The van der Waals surface area contributed by atoms with Crippen molar-refractivity contribution >= 4 is 0 Å². The Morgan fingerprint density at radius 3 is 2.47 bits per heavy atom. The molecule has 2 aliphatic rings. The molecule has 2 aliphatic heterocycles. The third-order valence-electron chi connectivity index (χ3n) is 4.92. The number of likely N-dealkylation sites (tertiary alicyclic amines) is 1. The van der Waals surface area contributed by atoms with Gasteiger partial charge in [0.2, 0.25) is 0 Å². The summed E-state index contributed by atoms with van der Waals surface area (Å²) in [6.07, 6.45) is 5.22. The van der Waals surface area contributed by atoms with Crippen LogP contribution in [-0.4, -0.2) is 50.8 Å². The highest BCUT2D eigenvalue weighted by Gasteiger charge is 2.36. The van der Waals surface area contributed by atoms with E-state index in [0.29, 0.717) is 10.8 Å². The lowest BCUT2D eigenvalue weighted by molar-refractivity contribution is -0.0335. The number of nitrogens with zero attached hydrogens (tertiary/aromatic N) is 1. The molecule has 0 bridgehead atoms. The number of ether oxygens (including phenoxy) is 1. The highest BCUT2D eigenvalue weighted by molar-refractivity contribution is 4.89. The van der Waals surface area contributed by atoms with Crippen molar-refractivity contribution in [3.05, 3.63) is 0 Å². The summed E-state index contributed by atoms with van der Waals surface area (Å²) in [4.78, 5) is 2.68. The second-order valence-corrected chi connectivity index (χ2v) is 7.38. The molecule has 2 rings (SSSR count). The van der Waals surface area contributed by atoms with E-state index >= 15 is 0 Å². The van der Waals surface area contributed by atoms with Crippen molar-refractivity contribution in [2.45, 2.75) is 46.5 Å². The SMILES string of the molecule is CCNCC1(CN2CCC(C)(C)CC2)CCCOC1. The Kier molecular flexibility index (Phi) is 5.27. The van der Waals surface area contributed by atoms with Crippen LogP contribution in [0.25, 0.3) is 0 Å². The van der Waals surface area contributed by atoms with Gasteiger partial charge in [-0.05, 0) is 50.7 Å². The molecule has 0 aromatic heterocycles. The van der Waals surface area contributed by atoms with Gasteiger partial charge in [-0.2, -0.15) is 0 Å². The zero-order chi connectivity index (χ0) is 13.8. The Morgan fingerprint density at radius 2 is 1.89 bits per heavy atom. The molecule has 2 saturated heterocycles. The number of nitrogens with one attached hydrogen (secondary N) is 1. The number of hydrogen-bond donors (Lipinski definition) is 1. The van der Waals surface area contributed by atoms with Crippen molar-refractivity contribution in [2.24, 2.45) is 10.8 Å². The quantitative estimate of drug-likeness (QED) is 0.829. The van der Waals surface area contributed by atoms with Crippen LogP contribution < -0.4 is 5.32 Å². The van der Waals surface area contributed by atoms with E-state index < -0.39 is 0 Å². The maximum absolute atomic E-state index is 5.80. The van der Waals surface area contributed by atoms with Crippen molar-refractivity contribution < 1.29 is 4.74 Å². The number of piperidine rings is 1. The second kappa shape index (κ2) is 6.55. The smallest absolute Gasteiger partial charge is 0.0546 e. The Morgan fingerprint density at radius 1 is 1.16 bits per heavy atom. The van der Waals surface area contributed by atoms with E-state index in [1.165, 1.54) is 45.3 Å². The first-order valence-corrected chi connectivity index (χ1v) is 8.06. The molecule has 0 aliphatic carbocycles. The summed E-state index contributed by atoms with van der Waals surface area (Å²) >= 11 is 0. The van der Waals surface area contributed by atoms with E-state index in [9.17, 15) is 0 Å². The summed E-state index contributed by atoms with van der Waals surface area (Å²) < 4.78 is 5.80. The van der Waals surface area contributed by atoms with Crippen LogP contribution in [-0.2, 0) is 4.74 Å². The van der Waals surface area contributed by atoms with Crippen LogP contribution in [0.1, 0.15) is 46.5 Å². The molecule has 1 unspecified atom stereocenters. The van der Waals surface area contributed by atoms with E-state index in [0.717, 1.165) is 26.3 Å². The van der Waals surface area contributed by atoms with Gasteiger partial charge < -0.3 is 15.0 Å². The lowest BCUT2D eigenvalue weighted by atomic mass is 9.79. The molecule has 2 fully saturated rings. The summed E-state index contributed by atoms with van der Waals surface area (Å²) in [5, 5.41) is 3.56. The molecule has 1 N–H and O–H groups in total. The fraction of sp³-hybridized carbons (Fsp3) is 1.00. The van der Waals surface area contributed by atoms with Gasteiger partial charge in [-0.1, -0.05) is 20.8 Å². The van der Waals surface area contributed by atoms with Crippen molar-refractivity contribution in [3.63, 3.8) is 0 Å². The van der Waals surface area contributed by atoms with E-state index in [2.05, 4.69) is 31.0 Å². The number of rotatable bonds is 5. The number of hydrogen-bond acceptors (Lipinski definition) is 3. The van der Waals surface area contributed by atoms with E-state index in [-0.39, 0.29) is 0 Å². The summed E-state index contributed by atoms with van der Waals surface area (Å²) in [6.45, 7) is 14.8. The van der Waals surface area contributed by atoms with Crippen molar-refractivity contribution in [1.29, 1.82) is 0 Å². The molecule has 0 spiro atoms. The molecule has 112 valence electrons. The van der Waals surface area contributed by atoms with Crippen LogP contribution in [0, 0.1) is 10.8 Å². The van der Waals surface area contributed by atoms with Gasteiger partial charge in [-0.3, -0.25) is 0 Å². The molecule has 0 radical (unpaired) electrons. The maximum Gasteiger partial charge on any atom is 0.0546 e. The Bertz CT molecular complexity index is 262. The van der Waals surface area contributed by atoms with Gasteiger partial charge in [0, 0.05) is 25.1 Å². The first-order valence-electron chi connectivity index (χ1n) is 8.06. The van der Waals surface area contributed by atoms with Crippen molar-refractivity contribution in [1.82, 2.24) is 10.2 Å². The normalized spacial score (nSPS) is 32.4.